The van der Waals surface area contributed by atoms with Gasteiger partial charge in [-0.05, 0) is 6.42 Å². The molecule has 0 unspecified atom stereocenters. The summed E-state index contributed by atoms with van der Waals surface area (Å²) in [5.74, 6) is 0. The number of thiol groups is 1. The van der Waals surface area contributed by atoms with E-state index in [0.29, 0.717) is 6.61 Å². The van der Waals surface area contributed by atoms with Crippen molar-refractivity contribution in [1.29, 1.82) is 0 Å². The summed E-state index contributed by atoms with van der Waals surface area (Å²) in [4.78, 5) is 0. The summed E-state index contributed by atoms with van der Waals surface area (Å²) in [6.45, 7) is 2.74. The molecule has 0 aromatic rings. The lowest BCUT2D eigenvalue weighted by molar-refractivity contribution is 0.345. The average Bonchev–Trinajstić information content (AvgIpc) is 1.81. The zero-order valence-corrected chi connectivity index (χ0v) is 5.99. The Labute approximate surface area is 53.9 Å². The van der Waals surface area contributed by atoms with Crippen molar-refractivity contribution in [2.75, 3.05) is 6.61 Å². The van der Waals surface area contributed by atoms with Crippen LogP contribution in [0.15, 0.2) is 0 Å². The quantitative estimate of drug-likeness (QED) is 0.451. The molecule has 0 saturated heterocycles. The molecule has 0 bridgehead atoms. The summed E-state index contributed by atoms with van der Waals surface area (Å²) in [6.07, 6.45) is 3.36. The lowest BCUT2D eigenvalue weighted by Crippen LogP contribution is -1.86. The Morgan fingerprint density at radius 1 is 1.50 bits per heavy atom. The van der Waals surface area contributed by atoms with Gasteiger partial charge in [-0.1, -0.05) is 19.8 Å². The Morgan fingerprint density at radius 2 is 2.25 bits per heavy atom. The molecule has 0 amide bonds. The molecule has 0 aliphatic rings. The van der Waals surface area contributed by atoms with Crippen molar-refractivity contribution in [1.82, 2.24) is 0 Å². The highest BCUT2D eigenvalue weighted by Gasteiger charge is 1.82. The smallest absolute Gasteiger partial charge is 0.142 e. The lowest BCUT2D eigenvalue weighted by Gasteiger charge is -1.91. The van der Waals surface area contributed by atoms with E-state index in [4.69, 9.17) is 0 Å². The van der Waals surface area contributed by atoms with Crippen molar-refractivity contribution in [3.05, 3.63) is 0 Å². The van der Waals surface area contributed by atoms with Crippen LogP contribution in [0.5, 0.6) is 0 Å². The van der Waals surface area contributed by atoms with Crippen molar-refractivity contribution in [3.8, 4) is 0 Å². The van der Waals surface area contributed by atoms with Gasteiger partial charge in [0.05, 0.1) is 6.61 Å². The minimum Gasteiger partial charge on any atom is -0.293 e. The Kier molecular flexibility index (Phi) is 7.21. The van der Waals surface area contributed by atoms with Crippen molar-refractivity contribution in [3.63, 3.8) is 0 Å². The fourth-order valence-corrected chi connectivity index (χ4v) is 0.658. The van der Waals surface area contributed by atoms with Crippen molar-refractivity contribution in [2.45, 2.75) is 26.2 Å². The maximum atomic E-state index is 9.64. The van der Waals surface area contributed by atoms with Crippen LogP contribution in [0.3, 0.4) is 0 Å². The standard InChI is InChI=1S/C5H12O2S/c1-2-3-4-5-7-8-6/h8H,2-5H2,1H3. The van der Waals surface area contributed by atoms with E-state index in [1.54, 1.807) is 0 Å². The van der Waals surface area contributed by atoms with Crippen molar-refractivity contribution < 1.29 is 8.39 Å². The first-order valence-electron chi connectivity index (χ1n) is 2.86. The minimum atomic E-state index is -0.189. The maximum Gasteiger partial charge on any atom is 0.142 e. The first-order chi connectivity index (χ1) is 3.91. The zero-order valence-electron chi connectivity index (χ0n) is 5.09. The molecule has 0 N–H and O–H groups in total. The van der Waals surface area contributed by atoms with Gasteiger partial charge >= 0.3 is 0 Å². The van der Waals surface area contributed by atoms with Gasteiger partial charge < -0.3 is 0 Å². The summed E-state index contributed by atoms with van der Waals surface area (Å²) < 4.78 is 14.2. The third kappa shape index (κ3) is 6.11. The Hall–Kier alpha value is 0.110. The van der Waals surface area contributed by atoms with Crippen LogP contribution in [0, 0.1) is 0 Å². The molecule has 0 radical (unpaired) electrons. The van der Waals surface area contributed by atoms with E-state index in [1.165, 1.54) is 6.42 Å². The van der Waals surface area contributed by atoms with Gasteiger partial charge in [-0.3, -0.25) is 4.18 Å². The van der Waals surface area contributed by atoms with Gasteiger partial charge in [-0.25, -0.2) is 4.21 Å². The minimum absolute atomic E-state index is 0.189. The van der Waals surface area contributed by atoms with Crippen LogP contribution in [0.2, 0.25) is 0 Å². The molecule has 0 heterocycles. The van der Waals surface area contributed by atoms with Crippen LogP contribution in [-0.4, -0.2) is 10.8 Å². The van der Waals surface area contributed by atoms with Crippen LogP contribution in [0.1, 0.15) is 26.2 Å². The van der Waals surface area contributed by atoms with Gasteiger partial charge in [-0.2, -0.15) is 0 Å². The van der Waals surface area contributed by atoms with Gasteiger partial charge in [0, 0.05) is 0 Å². The fraction of sp³-hybridized carbons (Fsp3) is 1.00. The second-order valence-corrected chi connectivity index (χ2v) is 2.02. The maximum absolute atomic E-state index is 9.64. The molecular weight excluding hydrogens is 124 g/mol. The van der Waals surface area contributed by atoms with Gasteiger partial charge in [0.1, 0.15) is 11.9 Å². The van der Waals surface area contributed by atoms with Crippen LogP contribution in [-0.2, 0) is 16.1 Å². The second kappa shape index (κ2) is 7.11. The van der Waals surface area contributed by atoms with E-state index in [0.717, 1.165) is 12.8 Å². The lowest BCUT2D eigenvalue weighted by atomic mass is 10.3. The van der Waals surface area contributed by atoms with Crippen LogP contribution in [0.4, 0.5) is 0 Å². The molecule has 8 heavy (non-hydrogen) atoms. The van der Waals surface area contributed by atoms with Gasteiger partial charge in [0.15, 0.2) is 0 Å². The number of hydrogen-bond donors (Lipinski definition) is 1. The summed E-state index contributed by atoms with van der Waals surface area (Å²) in [5, 5.41) is 0. The molecule has 3 heteroatoms. The zero-order chi connectivity index (χ0) is 6.24. The summed E-state index contributed by atoms with van der Waals surface area (Å²) in [6, 6.07) is 0. The van der Waals surface area contributed by atoms with Crippen molar-refractivity contribution >= 4 is 11.9 Å². The summed E-state index contributed by atoms with van der Waals surface area (Å²) >= 11 is -0.189. The number of hydrogen-bond acceptors (Lipinski definition) is 2. The first kappa shape index (κ1) is 8.11. The number of rotatable bonds is 5. The second-order valence-electron chi connectivity index (χ2n) is 1.61. The van der Waals surface area contributed by atoms with E-state index in [9.17, 15) is 4.21 Å². The monoisotopic (exact) mass is 136 g/mol. The molecule has 0 aromatic heterocycles. The molecule has 0 atom stereocenters. The van der Waals surface area contributed by atoms with Gasteiger partial charge in [0.2, 0.25) is 0 Å². The van der Waals surface area contributed by atoms with E-state index >= 15 is 0 Å². The van der Waals surface area contributed by atoms with Gasteiger partial charge in [-0.15, -0.1) is 0 Å². The molecular formula is C5H12O2S. The highest BCUT2D eigenvalue weighted by atomic mass is 32.2. The molecule has 50 valence electrons. The van der Waals surface area contributed by atoms with E-state index in [-0.39, 0.29) is 11.9 Å². The largest absolute Gasteiger partial charge is 0.293 e. The highest BCUT2D eigenvalue weighted by molar-refractivity contribution is 7.60. The first-order valence-corrected chi connectivity index (χ1v) is 3.59. The molecule has 2 nitrogen and oxygen atoms in total. The Morgan fingerprint density at radius 3 is 2.75 bits per heavy atom. The third-order valence-electron chi connectivity index (χ3n) is 0.892. The van der Waals surface area contributed by atoms with Crippen LogP contribution < -0.4 is 0 Å². The van der Waals surface area contributed by atoms with E-state index in [2.05, 4.69) is 11.1 Å². The third-order valence-corrected chi connectivity index (χ3v) is 1.18. The summed E-state index contributed by atoms with van der Waals surface area (Å²) in [7, 11) is 0. The SMILES string of the molecule is CCCCCO[SH]=O. The summed E-state index contributed by atoms with van der Waals surface area (Å²) in [5.41, 5.74) is 0. The highest BCUT2D eigenvalue weighted by Crippen LogP contribution is 1.92. The van der Waals surface area contributed by atoms with Crippen LogP contribution >= 0.6 is 0 Å². The van der Waals surface area contributed by atoms with E-state index < -0.39 is 0 Å². The molecule has 0 aliphatic heterocycles. The Balaban J connectivity index is 2.62. The van der Waals surface area contributed by atoms with Crippen LogP contribution in [0.25, 0.3) is 0 Å². The number of unbranched alkanes of at least 4 members (excludes halogenated alkanes) is 2. The normalized spacial score (nSPS) is 9.62. The predicted octanol–water partition coefficient (Wildman–Crippen LogP) is 1.05. The molecule has 0 rings (SSSR count). The molecule has 0 fully saturated rings. The predicted molar refractivity (Wildman–Crippen MR) is 35.0 cm³/mol. The Bertz CT molecular complexity index is 56.4. The van der Waals surface area contributed by atoms with E-state index in [1.807, 2.05) is 0 Å². The molecule has 0 saturated carbocycles. The fourth-order valence-electron chi connectivity index (χ4n) is 0.454. The topological polar surface area (TPSA) is 26.3 Å². The van der Waals surface area contributed by atoms with Gasteiger partial charge in [0.25, 0.3) is 0 Å². The molecule has 0 spiro atoms. The average molecular weight is 136 g/mol. The molecule has 0 aromatic carbocycles. The van der Waals surface area contributed by atoms with Crippen molar-refractivity contribution in [2.24, 2.45) is 0 Å². The molecule has 0 aliphatic carbocycles.